The summed E-state index contributed by atoms with van der Waals surface area (Å²) >= 11 is 9.34. The molecule has 22 heavy (non-hydrogen) atoms. The van der Waals surface area contributed by atoms with Crippen LogP contribution in [-0.2, 0) is 10.0 Å². The normalized spacial score (nSPS) is 18.2. The van der Waals surface area contributed by atoms with Crippen LogP contribution in [0.2, 0.25) is 5.02 Å². The molecule has 0 amide bonds. The molecule has 1 aromatic rings. The predicted octanol–water partition coefficient (Wildman–Crippen LogP) is 2.83. The molecule has 0 atom stereocenters. The first kappa shape index (κ1) is 18.0. The minimum absolute atomic E-state index is 0.110. The third-order valence-corrected chi connectivity index (χ3v) is 6.50. The maximum Gasteiger partial charge on any atom is 0.246 e. The highest BCUT2D eigenvalue weighted by Gasteiger charge is 2.30. The van der Waals surface area contributed by atoms with Crippen LogP contribution in [0.5, 0.6) is 5.75 Å². The van der Waals surface area contributed by atoms with Crippen molar-refractivity contribution in [1.29, 1.82) is 0 Å². The fourth-order valence-corrected chi connectivity index (χ4v) is 5.41. The highest BCUT2D eigenvalue weighted by Crippen LogP contribution is 2.37. The number of likely N-dealkylation sites (N-methyl/N-ethyl adjacent to an activating group) is 1. The number of nitrogens with zero attached hydrogens (tertiary/aromatic N) is 2. The van der Waals surface area contributed by atoms with E-state index in [2.05, 4.69) is 27.8 Å². The van der Waals surface area contributed by atoms with Gasteiger partial charge in [0.25, 0.3) is 0 Å². The molecule has 0 N–H and O–H groups in total. The van der Waals surface area contributed by atoms with Crippen molar-refractivity contribution in [3.05, 3.63) is 21.6 Å². The molecule has 5 nitrogen and oxygen atoms in total. The van der Waals surface area contributed by atoms with Gasteiger partial charge in [0, 0.05) is 24.7 Å². The van der Waals surface area contributed by atoms with E-state index in [1.165, 1.54) is 17.5 Å². The molecule has 1 aromatic carbocycles. The third kappa shape index (κ3) is 3.76. The Balaban J connectivity index is 2.38. The van der Waals surface area contributed by atoms with Gasteiger partial charge in [-0.05, 0) is 47.6 Å². The van der Waals surface area contributed by atoms with E-state index in [1.807, 2.05) is 0 Å². The van der Waals surface area contributed by atoms with Crippen LogP contribution in [0.3, 0.4) is 0 Å². The zero-order valence-electron chi connectivity index (χ0n) is 12.7. The number of benzene rings is 1. The second-order valence-electron chi connectivity index (χ2n) is 5.11. The molecule has 0 aliphatic carbocycles. The van der Waals surface area contributed by atoms with Crippen molar-refractivity contribution in [3.8, 4) is 5.75 Å². The summed E-state index contributed by atoms with van der Waals surface area (Å²) in [6, 6.07) is 3.07. The van der Waals surface area contributed by atoms with Crippen LogP contribution in [-0.4, -0.2) is 57.5 Å². The molecule has 1 aliphatic heterocycles. The number of methoxy groups -OCH3 is 1. The van der Waals surface area contributed by atoms with E-state index in [0.717, 1.165) is 26.1 Å². The van der Waals surface area contributed by atoms with Gasteiger partial charge in [0.15, 0.2) is 5.75 Å². The molecule has 1 saturated heterocycles. The standard InChI is InChI=1S/C14H20BrClN2O3S/c1-3-17-5-4-6-18(8-7-17)22(19,20)13-10-11(16)9-12(15)14(13)21-2/h9-10H,3-8H2,1-2H3. The molecule has 1 fully saturated rings. The molecule has 8 heteroatoms. The monoisotopic (exact) mass is 410 g/mol. The zero-order chi connectivity index (χ0) is 16.3. The summed E-state index contributed by atoms with van der Waals surface area (Å²) in [6.07, 6.45) is 0.817. The maximum absolute atomic E-state index is 13.0. The summed E-state index contributed by atoms with van der Waals surface area (Å²) in [6.45, 7) is 5.65. The lowest BCUT2D eigenvalue weighted by atomic mass is 10.3. The maximum atomic E-state index is 13.0. The smallest absolute Gasteiger partial charge is 0.246 e. The number of halogens is 2. The number of ether oxygens (including phenoxy) is 1. The lowest BCUT2D eigenvalue weighted by molar-refractivity contribution is 0.301. The van der Waals surface area contributed by atoms with Gasteiger partial charge in [-0.3, -0.25) is 0 Å². The van der Waals surface area contributed by atoms with E-state index < -0.39 is 10.0 Å². The van der Waals surface area contributed by atoms with Gasteiger partial charge in [-0.25, -0.2) is 8.42 Å². The van der Waals surface area contributed by atoms with E-state index in [4.69, 9.17) is 16.3 Å². The topological polar surface area (TPSA) is 49.9 Å². The van der Waals surface area contributed by atoms with Crippen molar-refractivity contribution < 1.29 is 13.2 Å². The van der Waals surface area contributed by atoms with Gasteiger partial charge in [-0.1, -0.05) is 18.5 Å². The molecule has 0 saturated carbocycles. The first-order chi connectivity index (χ1) is 10.4. The summed E-state index contributed by atoms with van der Waals surface area (Å²) in [5.41, 5.74) is 0. The minimum Gasteiger partial charge on any atom is -0.494 e. The van der Waals surface area contributed by atoms with Crippen molar-refractivity contribution >= 4 is 37.6 Å². The quantitative estimate of drug-likeness (QED) is 0.764. The van der Waals surface area contributed by atoms with Crippen molar-refractivity contribution in [2.45, 2.75) is 18.2 Å². The number of hydrogen-bond acceptors (Lipinski definition) is 4. The van der Waals surface area contributed by atoms with E-state index in [-0.39, 0.29) is 4.90 Å². The lowest BCUT2D eigenvalue weighted by Crippen LogP contribution is -2.35. The van der Waals surface area contributed by atoms with Crippen LogP contribution in [0.4, 0.5) is 0 Å². The number of sulfonamides is 1. The van der Waals surface area contributed by atoms with Crippen molar-refractivity contribution in [1.82, 2.24) is 9.21 Å². The molecule has 1 heterocycles. The van der Waals surface area contributed by atoms with Crippen LogP contribution < -0.4 is 4.74 Å². The minimum atomic E-state index is -3.64. The Hall–Kier alpha value is -0.340. The summed E-state index contributed by atoms with van der Waals surface area (Å²) < 4.78 is 33.2. The number of rotatable bonds is 4. The van der Waals surface area contributed by atoms with Gasteiger partial charge in [0.2, 0.25) is 10.0 Å². The summed E-state index contributed by atoms with van der Waals surface area (Å²) in [5.74, 6) is 0.293. The Kier molecular flexibility index (Phi) is 6.13. The van der Waals surface area contributed by atoms with Gasteiger partial charge in [0.05, 0.1) is 11.6 Å². The van der Waals surface area contributed by atoms with Crippen LogP contribution in [0.15, 0.2) is 21.5 Å². The molecule has 1 aliphatic rings. The van der Waals surface area contributed by atoms with E-state index in [1.54, 1.807) is 6.07 Å². The van der Waals surface area contributed by atoms with Crippen molar-refractivity contribution in [2.24, 2.45) is 0 Å². The van der Waals surface area contributed by atoms with Crippen molar-refractivity contribution in [2.75, 3.05) is 39.8 Å². The van der Waals surface area contributed by atoms with Gasteiger partial charge in [0.1, 0.15) is 4.90 Å². The SMILES string of the molecule is CCN1CCCN(S(=O)(=O)c2cc(Cl)cc(Br)c2OC)CC1. The molecule has 0 unspecified atom stereocenters. The van der Waals surface area contributed by atoms with Crippen LogP contribution in [0.1, 0.15) is 13.3 Å². The second kappa shape index (κ2) is 7.49. The van der Waals surface area contributed by atoms with Gasteiger partial charge < -0.3 is 9.64 Å². The number of hydrogen-bond donors (Lipinski definition) is 0. The fourth-order valence-electron chi connectivity index (χ4n) is 2.57. The summed E-state index contributed by atoms with van der Waals surface area (Å²) in [7, 11) is -2.18. The molecule has 2 rings (SSSR count). The van der Waals surface area contributed by atoms with Crippen LogP contribution in [0.25, 0.3) is 0 Å². The van der Waals surface area contributed by atoms with Crippen LogP contribution in [0, 0.1) is 0 Å². The molecular formula is C14H20BrClN2O3S. The van der Waals surface area contributed by atoms with Crippen molar-refractivity contribution in [3.63, 3.8) is 0 Å². The molecule has 0 spiro atoms. The fraction of sp³-hybridized carbons (Fsp3) is 0.571. The Labute approximate surface area is 145 Å². The lowest BCUT2D eigenvalue weighted by Gasteiger charge is -2.22. The average molecular weight is 412 g/mol. The Morgan fingerprint density at radius 3 is 2.64 bits per heavy atom. The van der Waals surface area contributed by atoms with Gasteiger partial charge in [-0.15, -0.1) is 0 Å². The molecule has 0 bridgehead atoms. The average Bonchev–Trinajstić information content (AvgIpc) is 2.72. The largest absolute Gasteiger partial charge is 0.494 e. The molecule has 0 radical (unpaired) electrons. The van der Waals surface area contributed by atoms with E-state index >= 15 is 0 Å². The zero-order valence-corrected chi connectivity index (χ0v) is 15.8. The van der Waals surface area contributed by atoms with E-state index in [0.29, 0.717) is 28.3 Å². The summed E-state index contributed by atoms with van der Waals surface area (Å²) in [4.78, 5) is 2.36. The van der Waals surface area contributed by atoms with E-state index in [9.17, 15) is 8.42 Å². The molecule has 0 aromatic heterocycles. The molecular weight excluding hydrogens is 392 g/mol. The van der Waals surface area contributed by atoms with Gasteiger partial charge >= 0.3 is 0 Å². The predicted molar refractivity (Wildman–Crippen MR) is 91.2 cm³/mol. The third-order valence-electron chi connectivity index (χ3n) is 3.79. The van der Waals surface area contributed by atoms with Gasteiger partial charge in [-0.2, -0.15) is 4.31 Å². The second-order valence-corrected chi connectivity index (χ2v) is 8.31. The Morgan fingerprint density at radius 1 is 1.27 bits per heavy atom. The highest BCUT2D eigenvalue weighted by atomic mass is 79.9. The Bertz CT molecular complexity index is 639. The summed E-state index contributed by atoms with van der Waals surface area (Å²) in [5, 5.41) is 0.358. The van der Waals surface area contributed by atoms with Crippen LogP contribution >= 0.6 is 27.5 Å². The highest BCUT2D eigenvalue weighted by molar-refractivity contribution is 9.10. The molecule has 124 valence electrons. The Morgan fingerprint density at radius 2 is 2.00 bits per heavy atom. The first-order valence-corrected chi connectivity index (χ1v) is 9.76. The first-order valence-electron chi connectivity index (χ1n) is 7.15.